The molecule has 0 unspecified atom stereocenters. The number of amides is 1. The molecule has 144 valence electrons. The van der Waals surface area contributed by atoms with Gasteiger partial charge in [0.15, 0.2) is 0 Å². The number of rotatable bonds is 5. The molecule has 1 aromatic heterocycles. The number of hydrogen-bond donors (Lipinski definition) is 1. The van der Waals surface area contributed by atoms with E-state index in [4.69, 9.17) is 14.2 Å². The molecular formula is C21H21N3O4. The van der Waals surface area contributed by atoms with Crippen LogP contribution in [-0.2, 0) is 4.79 Å². The highest BCUT2D eigenvalue weighted by atomic mass is 16.5. The first-order valence-corrected chi connectivity index (χ1v) is 8.88. The number of imidazole rings is 1. The Kier molecular flexibility index (Phi) is 4.65. The van der Waals surface area contributed by atoms with Crippen molar-refractivity contribution in [3.63, 3.8) is 0 Å². The van der Waals surface area contributed by atoms with E-state index in [1.165, 1.54) is 0 Å². The van der Waals surface area contributed by atoms with E-state index in [0.717, 1.165) is 22.7 Å². The summed E-state index contributed by atoms with van der Waals surface area (Å²) in [7, 11) is 4.83. The van der Waals surface area contributed by atoms with Crippen molar-refractivity contribution in [1.29, 1.82) is 0 Å². The van der Waals surface area contributed by atoms with E-state index < -0.39 is 0 Å². The number of aromatic nitrogens is 2. The van der Waals surface area contributed by atoms with Crippen LogP contribution in [0.25, 0.3) is 5.69 Å². The molecule has 0 aliphatic carbocycles. The highest BCUT2D eigenvalue weighted by Crippen LogP contribution is 2.39. The van der Waals surface area contributed by atoms with Gasteiger partial charge in [0, 0.05) is 18.4 Å². The smallest absolute Gasteiger partial charge is 0.226 e. The van der Waals surface area contributed by atoms with Crippen molar-refractivity contribution in [1.82, 2.24) is 9.55 Å². The number of fused-ring (bicyclic) bond motifs is 1. The van der Waals surface area contributed by atoms with Crippen molar-refractivity contribution in [2.45, 2.75) is 12.3 Å². The van der Waals surface area contributed by atoms with Crippen LogP contribution in [0.4, 0.5) is 5.82 Å². The fraction of sp³-hybridized carbons (Fsp3) is 0.238. The Hall–Kier alpha value is -3.48. The van der Waals surface area contributed by atoms with Crippen LogP contribution in [0.3, 0.4) is 0 Å². The second kappa shape index (κ2) is 7.26. The Labute approximate surface area is 162 Å². The first-order chi connectivity index (χ1) is 13.6. The number of methoxy groups -OCH3 is 3. The van der Waals surface area contributed by atoms with Crippen LogP contribution in [-0.4, -0.2) is 36.8 Å². The minimum atomic E-state index is -0.125. The molecule has 28 heavy (non-hydrogen) atoms. The molecule has 2 aromatic carbocycles. The highest BCUT2D eigenvalue weighted by Gasteiger charge is 2.31. The Bertz CT molecular complexity index is 1010. The van der Waals surface area contributed by atoms with E-state index >= 15 is 0 Å². The normalized spacial score (nSPS) is 15.5. The summed E-state index contributed by atoms with van der Waals surface area (Å²) in [5.41, 5.74) is 2.61. The number of carbonyl (C=O) groups excluding carboxylic acids is 1. The van der Waals surface area contributed by atoms with Crippen molar-refractivity contribution < 1.29 is 19.0 Å². The summed E-state index contributed by atoms with van der Waals surface area (Å²) in [4.78, 5) is 17.1. The second-order valence-electron chi connectivity index (χ2n) is 6.46. The van der Waals surface area contributed by atoms with E-state index in [1.54, 1.807) is 33.7 Å². The Morgan fingerprint density at radius 1 is 1.00 bits per heavy atom. The van der Waals surface area contributed by atoms with Gasteiger partial charge in [-0.15, -0.1) is 0 Å². The van der Waals surface area contributed by atoms with Gasteiger partial charge in [0.2, 0.25) is 5.91 Å². The monoisotopic (exact) mass is 379 g/mol. The average Bonchev–Trinajstić information content (AvgIpc) is 3.16. The molecule has 1 N–H and O–H groups in total. The van der Waals surface area contributed by atoms with Gasteiger partial charge in [0.05, 0.1) is 32.7 Å². The molecule has 2 heterocycles. The fourth-order valence-corrected chi connectivity index (χ4v) is 3.49. The van der Waals surface area contributed by atoms with Crippen molar-refractivity contribution in [2.24, 2.45) is 0 Å². The maximum atomic E-state index is 12.4. The highest BCUT2D eigenvalue weighted by molar-refractivity contribution is 5.94. The molecule has 7 nitrogen and oxygen atoms in total. The van der Waals surface area contributed by atoms with Crippen molar-refractivity contribution in [2.75, 3.05) is 26.6 Å². The summed E-state index contributed by atoms with van der Waals surface area (Å²) >= 11 is 0. The predicted octanol–water partition coefficient (Wildman–Crippen LogP) is 3.37. The molecule has 3 aromatic rings. The molecular weight excluding hydrogens is 358 g/mol. The number of nitrogens with zero attached hydrogens (tertiary/aromatic N) is 2. The lowest BCUT2D eigenvalue weighted by Crippen LogP contribution is -2.25. The molecule has 1 atom stereocenters. The summed E-state index contributed by atoms with van der Waals surface area (Å²) in [6.45, 7) is 0. The predicted molar refractivity (Wildman–Crippen MR) is 105 cm³/mol. The van der Waals surface area contributed by atoms with Crippen LogP contribution in [0.15, 0.2) is 48.8 Å². The molecule has 0 saturated heterocycles. The zero-order valence-corrected chi connectivity index (χ0v) is 15.9. The maximum absolute atomic E-state index is 12.4. The number of nitrogens with one attached hydrogen (secondary N) is 1. The lowest BCUT2D eigenvalue weighted by molar-refractivity contribution is -0.116. The van der Waals surface area contributed by atoms with Gasteiger partial charge in [0.25, 0.3) is 0 Å². The Morgan fingerprint density at radius 2 is 1.71 bits per heavy atom. The van der Waals surface area contributed by atoms with Crippen LogP contribution in [0, 0.1) is 0 Å². The number of carbonyl (C=O) groups is 1. The van der Waals surface area contributed by atoms with Gasteiger partial charge in [-0.3, -0.25) is 9.36 Å². The summed E-state index contributed by atoms with van der Waals surface area (Å²) in [6, 6.07) is 13.2. The SMILES string of the molecule is COc1ccc([C@@H]2CC(=O)Nc3c2ncn3-c2ccc(OC)cc2OC)cc1. The number of benzene rings is 2. The third-order valence-corrected chi connectivity index (χ3v) is 4.94. The largest absolute Gasteiger partial charge is 0.497 e. The topological polar surface area (TPSA) is 74.6 Å². The van der Waals surface area contributed by atoms with Gasteiger partial charge in [-0.2, -0.15) is 0 Å². The first kappa shape index (κ1) is 17.9. The van der Waals surface area contributed by atoms with Gasteiger partial charge in [0.1, 0.15) is 29.4 Å². The maximum Gasteiger partial charge on any atom is 0.226 e. The van der Waals surface area contributed by atoms with E-state index in [1.807, 2.05) is 41.0 Å². The van der Waals surface area contributed by atoms with Crippen LogP contribution >= 0.6 is 0 Å². The third-order valence-electron chi connectivity index (χ3n) is 4.94. The van der Waals surface area contributed by atoms with Gasteiger partial charge in [-0.25, -0.2) is 4.98 Å². The summed E-state index contributed by atoms with van der Waals surface area (Å²) in [5, 5.41) is 2.96. The van der Waals surface area contributed by atoms with Crippen molar-refractivity contribution in [3.05, 3.63) is 60.0 Å². The molecule has 4 rings (SSSR count). The first-order valence-electron chi connectivity index (χ1n) is 8.88. The molecule has 0 bridgehead atoms. The summed E-state index contributed by atoms with van der Waals surface area (Å²) in [5.74, 6) is 2.57. The Balaban J connectivity index is 1.78. The lowest BCUT2D eigenvalue weighted by atomic mass is 9.90. The van der Waals surface area contributed by atoms with Crippen LogP contribution in [0.5, 0.6) is 17.2 Å². The quantitative estimate of drug-likeness (QED) is 0.736. The van der Waals surface area contributed by atoms with Gasteiger partial charge < -0.3 is 19.5 Å². The number of anilines is 1. The molecule has 1 amide bonds. The van der Waals surface area contributed by atoms with Crippen molar-refractivity contribution in [3.8, 4) is 22.9 Å². The summed E-state index contributed by atoms with van der Waals surface area (Å²) in [6.07, 6.45) is 2.05. The molecule has 0 radical (unpaired) electrons. The van der Waals surface area contributed by atoms with Crippen LogP contribution in [0.2, 0.25) is 0 Å². The number of ether oxygens (including phenoxy) is 3. The van der Waals surface area contributed by atoms with Crippen LogP contribution < -0.4 is 19.5 Å². The van der Waals surface area contributed by atoms with Gasteiger partial charge in [-0.05, 0) is 29.8 Å². The fourth-order valence-electron chi connectivity index (χ4n) is 3.49. The van der Waals surface area contributed by atoms with E-state index in [2.05, 4.69) is 10.3 Å². The average molecular weight is 379 g/mol. The molecule has 7 heteroatoms. The minimum absolute atomic E-state index is 0.0532. The third kappa shape index (κ3) is 3.05. The molecule has 1 aliphatic heterocycles. The molecule has 0 spiro atoms. The van der Waals surface area contributed by atoms with Crippen molar-refractivity contribution >= 4 is 11.7 Å². The second-order valence-corrected chi connectivity index (χ2v) is 6.46. The zero-order chi connectivity index (χ0) is 19.7. The van der Waals surface area contributed by atoms with E-state index in [0.29, 0.717) is 23.7 Å². The van der Waals surface area contributed by atoms with Gasteiger partial charge >= 0.3 is 0 Å². The molecule has 0 fully saturated rings. The Morgan fingerprint density at radius 3 is 2.39 bits per heavy atom. The summed E-state index contributed by atoms with van der Waals surface area (Å²) < 4.78 is 17.8. The molecule has 0 saturated carbocycles. The standard InChI is InChI=1S/C21H21N3O4/c1-26-14-6-4-13(5-7-14)16-11-19(25)23-21-20(16)22-12-24(21)17-9-8-15(27-2)10-18(17)28-3/h4-10,12,16H,11H2,1-3H3,(H,23,25)/t16-/m0/s1. The lowest BCUT2D eigenvalue weighted by Gasteiger charge is -2.24. The van der Waals surface area contributed by atoms with Gasteiger partial charge in [-0.1, -0.05) is 12.1 Å². The van der Waals surface area contributed by atoms with E-state index in [-0.39, 0.29) is 11.8 Å². The number of hydrogen-bond acceptors (Lipinski definition) is 5. The molecule has 1 aliphatic rings. The van der Waals surface area contributed by atoms with Crippen LogP contribution in [0.1, 0.15) is 23.6 Å². The zero-order valence-electron chi connectivity index (χ0n) is 15.9. The van der Waals surface area contributed by atoms with E-state index in [9.17, 15) is 4.79 Å². The minimum Gasteiger partial charge on any atom is -0.497 e.